The molecule has 2 unspecified atom stereocenters. The number of aliphatic hydroxyl groups is 1. The number of carbonyl (C=O) groups excluding carboxylic acids is 1. The van der Waals surface area contributed by atoms with Crippen LogP contribution in [0.25, 0.3) is 0 Å². The maximum Gasteiger partial charge on any atom is 0.326 e. The Balaban J connectivity index is 2.63. The Labute approximate surface area is 100 Å². The van der Waals surface area contributed by atoms with Crippen molar-refractivity contribution < 1.29 is 19.8 Å². The van der Waals surface area contributed by atoms with E-state index in [1.165, 1.54) is 4.90 Å². The van der Waals surface area contributed by atoms with Gasteiger partial charge in [-0.3, -0.25) is 4.79 Å². The van der Waals surface area contributed by atoms with Gasteiger partial charge in [-0.05, 0) is 19.4 Å². The van der Waals surface area contributed by atoms with Gasteiger partial charge in [0.25, 0.3) is 0 Å². The van der Waals surface area contributed by atoms with Gasteiger partial charge in [0, 0.05) is 18.9 Å². The van der Waals surface area contributed by atoms with Crippen LogP contribution < -0.4 is 5.73 Å². The predicted octanol–water partition coefficient (Wildman–Crippen LogP) is -0.592. The summed E-state index contributed by atoms with van der Waals surface area (Å²) >= 11 is 0. The quantitative estimate of drug-likeness (QED) is 0.599. The summed E-state index contributed by atoms with van der Waals surface area (Å²) < 4.78 is 0. The number of nitrogens with two attached hydrogens (primary N) is 1. The molecule has 0 spiro atoms. The van der Waals surface area contributed by atoms with Crippen molar-refractivity contribution in [2.24, 2.45) is 11.7 Å². The van der Waals surface area contributed by atoms with E-state index in [9.17, 15) is 14.7 Å². The number of aliphatic hydroxyl groups excluding tert-OH is 1. The fraction of sp³-hybridized carbons (Fsp3) is 0.818. The highest BCUT2D eigenvalue weighted by Gasteiger charge is 2.39. The molecule has 1 amide bonds. The lowest BCUT2D eigenvalue weighted by molar-refractivity contribution is -0.149. The number of carboxylic acid groups (broad SMARTS) is 1. The van der Waals surface area contributed by atoms with Gasteiger partial charge < -0.3 is 20.8 Å². The second kappa shape index (κ2) is 5.97. The monoisotopic (exact) mass is 244 g/mol. The number of β-amino-alcohol motifs (C(OH)–C–C–N with tert-alkyl or cyclic N) is 1. The molecule has 0 saturated carbocycles. The number of likely N-dealkylation sites (tertiary alicyclic amines) is 1. The number of carboxylic acids is 1. The minimum absolute atomic E-state index is 0.114. The van der Waals surface area contributed by atoms with Crippen molar-refractivity contribution in [3.05, 3.63) is 0 Å². The Morgan fingerprint density at radius 3 is 2.71 bits per heavy atom. The van der Waals surface area contributed by atoms with Crippen LogP contribution in [0.4, 0.5) is 0 Å². The van der Waals surface area contributed by atoms with Crippen molar-refractivity contribution in [1.82, 2.24) is 4.90 Å². The smallest absolute Gasteiger partial charge is 0.326 e. The highest BCUT2D eigenvalue weighted by Crippen LogP contribution is 2.22. The molecule has 0 aromatic heterocycles. The van der Waals surface area contributed by atoms with Crippen LogP contribution >= 0.6 is 0 Å². The first-order valence-corrected chi connectivity index (χ1v) is 5.88. The number of carbonyl (C=O) groups is 2. The Hall–Kier alpha value is -1.14. The van der Waals surface area contributed by atoms with Crippen molar-refractivity contribution in [2.45, 2.75) is 38.3 Å². The molecule has 1 aliphatic rings. The number of nitrogens with zero attached hydrogens (tertiary/aromatic N) is 1. The second-order valence-corrected chi connectivity index (χ2v) is 4.57. The van der Waals surface area contributed by atoms with Gasteiger partial charge in [0.05, 0.1) is 6.10 Å². The van der Waals surface area contributed by atoms with E-state index < -0.39 is 18.1 Å². The van der Waals surface area contributed by atoms with Gasteiger partial charge in [-0.1, -0.05) is 6.92 Å². The van der Waals surface area contributed by atoms with Gasteiger partial charge in [-0.15, -0.1) is 0 Å². The average Bonchev–Trinajstić information content (AvgIpc) is 2.67. The van der Waals surface area contributed by atoms with Crippen LogP contribution in [0.2, 0.25) is 0 Å². The first-order valence-electron chi connectivity index (χ1n) is 5.88. The molecular formula is C11H20N2O4. The third-order valence-corrected chi connectivity index (χ3v) is 3.11. The molecule has 1 saturated heterocycles. The van der Waals surface area contributed by atoms with Gasteiger partial charge in [0.2, 0.25) is 5.91 Å². The van der Waals surface area contributed by atoms with E-state index in [2.05, 4.69) is 0 Å². The Bertz CT molecular complexity index is 295. The van der Waals surface area contributed by atoms with Gasteiger partial charge in [-0.2, -0.15) is 0 Å². The maximum absolute atomic E-state index is 12.0. The van der Waals surface area contributed by atoms with Gasteiger partial charge in [0.15, 0.2) is 0 Å². The van der Waals surface area contributed by atoms with Crippen molar-refractivity contribution in [2.75, 3.05) is 13.1 Å². The molecule has 0 aromatic carbocycles. The Morgan fingerprint density at radius 1 is 1.53 bits per heavy atom. The minimum atomic E-state index is -1.05. The molecule has 1 fully saturated rings. The zero-order chi connectivity index (χ0) is 13.0. The van der Waals surface area contributed by atoms with Crippen LogP contribution in [0.15, 0.2) is 0 Å². The minimum Gasteiger partial charge on any atom is -0.480 e. The molecule has 0 aliphatic carbocycles. The summed E-state index contributed by atoms with van der Waals surface area (Å²) in [6.07, 6.45) is 0.766. The molecule has 0 bridgehead atoms. The fourth-order valence-electron chi connectivity index (χ4n) is 2.12. The highest BCUT2D eigenvalue weighted by atomic mass is 16.4. The van der Waals surface area contributed by atoms with Crippen molar-refractivity contribution in [1.29, 1.82) is 0 Å². The van der Waals surface area contributed by atoms with Crippen molar-refractivity contribution in [3.8, 4) is 0 Å². The first-order chi connectivity index (χ1) is 7.97. The molecule has 98 valence electrons. The summed E-state index contributed by atoms with van der Waals surface area (Å²) in [5, 5.41) is 18.4. The summed E-state index contributed by atoms with van der Waals surface area (Å²) in [4.78, 5) is 24.3. The second-order valence-electron chi connectivity index (χ2n) is 4.57. The fourth-order valence-corrected chi connectivity index (χ4v) is 2.12. The molecule has 1 aliphatic heterocycles. The molecule has 6 nitrogen and oxygen atoms in total. The zero-order valence-corrected chi connectivity index (χ0v) is 10.0. The van der Waals surface area contributed by atoms with Crippen LogP contribution in [0.5, 0.6) is 0 Å². The van der Waals surface area contributed by atoms with Crippen LogP contribution in [0.3, 0.4) is 0 Å². The van der Waals surface area contributed by atoms with Crippen molar-refractivity contribution >= 4 is 11.9 Å². The largest absolute Gasteiger partial charge is 0.480 e. The molecule has 3 atom stereocenters. The van der Waals surface area contributed by atoms with Gasteiger partial charge in [-0.25, -0.2) is 4.79 Å². The number of hydrogen-bond donors (Lipinski definition) is 3. The normalized spacial score (nSPS) is 25.9. The average molecular weight is 244 g/mol. The number of amides is 1. The Morgan fingerprint density at radius 2 is 2.18 bits per heavy atom. The van der Waals surface area contributed by atoms with E-state index in [4.69, 9.17) is 10.8 Å². The topological polar surface area (TPSA) is 104 Å². The zero-order valence-electron chi connectivity index (χ0n) is 10.0. The number of rotatable bonds is 5. The Kier molecular flexibility index (Phi) is 4.89. The first kappa shape index (κ1) is 13.9. The molecule has 4 N–H and O–H groups in total. The molecule has 0 aromatic rings. The standard InChI is InChI=1S/C11H20N2O4/c1-7(3-2-4-12)10(15)13-6-8(14)5-9(13)11(16)17/h7-9,14H,2-6,12H2,1H3,(H,16,17)/t7?,8?,9-/m0/s1. The predicted molar refractivity (Wildman–Crippen MR) is 61.2 cm³/mol. The number of aliphatic carboxylic acids is 1. The van der Waals surface area contributed by atoms with Gasteiger partial charge in [0.1, 0.15) is 6.04 Å². The summed E-state index contributed by atoms with van der Waals surface area (Å²) in [6.45, 7) is 2.40. The molecular weight excluding hydrogens is 224 g/mol. The SMILES string of the molecule is CC(CCCN)C(=O)N1CC(O)C[C@H]1C(=O)O. The third-order valence-electron chi connectivity index (χ3n) is 3.11. The van der Waals surface area contributed by atoms with E-state index in [0.29, 0.717) is 13.0 Å². The van der Waals surface area contributed by atoms with E-state index in [0.717, 1.165) is 6.42 Å². The van der Waals surface area contributed by atoms with E-state index >= 15 is 0 Å². The molecule has 1 heterocycles. The van der Waals surface area contributed by atoms with Crippen LogP contribution in [0.1, 0.15) is 26.2 Å². The summed E-state index contributed by atoms with van der Waals surface area (Å²) in [5.41, 5.74) is 5.37. The molecule has 17 heavy (non-hydrogen) atoms. The summed E-state index contributed by atoms with van der Waals surface area (Å²) in [7, 11) is 0. The lowest BCUT2D eigenvalue weighted by Crippen LogP contribution is -2.43. The summed E-state index contributed by atoms with van der Waals surface area (Å²) in [5.74, 6) is -1.51. The molecule has 1 rings (SSSR count). The maximum atomic E-state index is 12.0. The molecule has 0 radical (unpaired) electrons. The van der Waals surface area contributed by atoms with Crippen LogP contribution in [0, 0.1) is 5.92 Å². The third kappa shape index (κ3) is 3.41. The van der Waals surface area contributed by atoms with E-state index in [1.807, 2.05) is 0 Å². The van der Waals surface area contributed by atoms with E-state index in [1.54, 1.807) is 6.92 Å². The lowest BCUT2D eigenvalue weighted by atomic mass is 10.0. The van der Waals surface area contributed by atoms with Crippen LogP contribution in [-0.2, 0) is 9.59 Å². The van der Waals surface area contributed by atoms with E-state index in [-0.39, 0.29) is 24.8 Å². The lowest BCUT2D eigenvalue weighted by Gasteiger charge is -2.24. The van der Waals surface area contributed by atoms with Gasteiger partial charge >= 0.3 is 5.97 Å². The van der Waals surface area contributed by atoms with Crippen molar-refractivity contribution in [3.63, 3.8) is 0 Å². The van der Waals surface area contributed by atoms with Crippen LogP contribution in [-0.4, -0.2) is 52.2 Å². The number of hydrogen-bond acceptors (Lipinski definition) is 4. The highest BCUT2D eigenvalue weighted by molar-refractivity contribution is 5.85. The molecule has 6 heteroatoms. The summed E-state index contributed by atoms with van der Waals surface area (Å²) in [6, 6.07) is -0.891.